The maximum atomic E-state index is 4.96. The van der Waals surface area contributed by atoms with Crippen molar-refractivity contribution in [3.05, 3.63) is 85.6 Å². The molecule has 0 saturated heterocycles. The first-order chi connectivity index (χ1) is 16.9. The Bertz CT molecular complexity index is 1380. The Hall–Kier alpha value is -3.14. The van der Waals surface area contributed by atoms with E-state index < -0.39 is 0 Å². The molecule has 0 aromatic carbocycles. The molecule has 0 aliphatic carbocycles. The minimum absolute atomic E-state index is 0.250. The van der Waals surface area contributed by atoms with Crippen molar-refractivity contribution in [2.24, 2.45) is 4.99 Å². The molecule has 1 aliphatic heterocycles. The van der Waals surface area contributed by atoms with Crippen LogP contribution in [-0.2, 0) is 32.1 Å². The number of hydrogen-bond acceptors (Lipinski definition) is 2. The summed E-state index contributed by atoms with van der Waals surface area (Å²) < 4.78 is 0. The van der Waals surface area contributed by atoms with Gasteiger partial charge in [-0.25, -0.2) is 0 Å². The van der Waals surface area contributed by atoms with E-state index in [1.807, 2.05) is 18.3 Å². The lowest BCUT2D eigenvalue weighted by atomic mass is 9.97. The van der Waals surface area contributed by atoms with E-state index in [0.717, 1.165) is 37.8 Å². The highest BCUT2D eigenvalue weighted by Gasteiger charge is 2.23. The third-order valence-electron chi connectivity index (χ3n) is 7.69. The summed E-state index contributed by atoms with van der Waals surface area (Å²) in [5.41, 5.74) is 13.2. The molecule has 184 valence electrons. The Morgan fingerprint density at radius 1 is 0.800 bits per heavy atom. The largest absolute Gasteiger partial charge is 0.358 e. The number of aromatic nitrogens is 3. The van der Waals surface area contributed by atoms with Crippen LogP contribution in [0.3, 0.4) is 0 Å². The minimum Gasteiger partial charge on any atom is -0.358 e. The third kappa shape index (κ3) is 4.84. The minimum atomic E-state index is 0.250. The van der Waals surface area contributed by atoms with Crippen molar-refractivity contribution in [2.45, 2.75) is 86.6 Å². The van der Waals surface area contributed by atoms with Gasteiger partial charge in [-0.3, -0.25) is 9.98 Å². The van der Waals surface area contributed by atoms with Gasteiger partial charge in [0.05, 0.1) is 11.7 Å². The number of aliphatic imine (C=N–C) groups is 1. The quantitative estimate of drug-likeness (QED) is 0.459. The van der Waals surface area contributed by atoms with Crippen LogP contribution in [0, 0.1) is 0 Å². The molecule has 1 atom stereocenters. The van der Waals surface area contributed by atoms with E-state index in [1.54, 1.807) is 0 Å². The summed E-state index contributed by atoms with van der Waals surface area (Å²) in [5.74, 6) is 0. The first-order valence-corrected chi connectivity index (χ1v) is 13.2. The second kappa shape index (κ2) is 10.6. The van der Waals surface area contributed by atoms with Crippen LogP contribution in [0.4, 0.5) is 0 Å². The van der Waals surface area contributed by atoms with E-state index in [4.69, 9.17) is 4.99 Å². The van der Waals surface area contributed by atoms with Crippen LogP contribution >= 0.6 is 0 Å². The number of hydrogen-bond donors (Lipinski definition) is 2. The zero-order valence-electron chi connectivity index (χ0n) is 22.5. The summed E-state index contributed by atoms with van der Waals surface area (Å²) in [6, 6.07) is 6.30. The molecule has 0 fully saturated rings. The average molecular weight is 469 g/mol. The Kier molecular flexibility index (Phi) is 7.59. The van der Waals surface area contributed by atoms with E-state index in [-0.39, 0.29) is 6.04 Å². The van der Waals surface area contributed by atoms with Gasteiger partial charge in [-0.2, -0.15) is 0 Å². The second-order valence-electron chi connectivity index (χ2n) is 9.58. The van der Waals surface area contributed by atoms with Gasteiger partial charge in [0.2, 0.25) is 0 Å². The molecule has 0 spiro atoms. The third-order valence-corrected chi connectivity index (χ3v) is 7.69. The first-order valence-electron chi connectivity index (χ1n) is 13.2. The van der Waals surface area contributed by atoms with Crippen LogP contribution in [0.1, 0.15) is 87.8 Å². The van der Waals surface area contributed by atoms with Crippen LogP contribution in [0.25, 0.3) is 12.2 Å². The van der Waals surface area contributed by atoms with Crippen molar-refractivity contribution >= 4 is 17.9 Å². The number of pyridine rings is 1. The number of H-pyrrole nitrogens is 2. The normalized spacial score (nSPS) is 17.1. The summed E-state index contributed by atoms with van der Waals surface area (Å²) in [6.07, 6.45) is 11.3. The summed E-state index contributed by atoms with van der Waals surface area (Å²) in [7, 11) is 0. The molecule has 0 radical (unpaired) electrons. The zero-order valence-corrected chi connectivity index (χ0v) is 22.5. The summed E-state index contributed by atoms with van der Waals surface area (Å²) in [4.78, 5) is 17.0. The summed E-state index contributed by atoms with van der Waals surface area (Å²) in [5, 5.41) is 2.38. The molecule has 4 nitrogen and oxygen atoms in total. The van der Waals surface area contributed by atoms with Gasteiger partial charge in [0.1, 0.15) is 0 Å². The van der Waals surface area contributed by atoms with Gasteiger partial charge in [-0.15, -0.1) is 0 Å². The van der Waals surface area contributed by atoms with Crippen LogP contribution < -0.4 is 10.7 Å². The molecule has 4 rings (SSSR count). The van der Waals surface area contributed by atoms with Crippen LogP contribution in [0.5, 0.6) is 0 Å². The van der Waals surface area contributed by atoms with E-state index in [2.05, 4.69) is 81.6 Å². The molecule has 1 unspecified atom stereocenters. The van der Waals surface area contributed by atoms with E-state index in [1.165, 1.54) is 61.2 Å². The van der Waals surface area contributed by atoms with Crippen molar-refractivity contribution in [1.29, 1.82) is 0 Å². The molecule has 35 heavy (non-hydrogen) atoms. The Labute approximate surface area is 210 Å². The molecule has 0 amide bonds. The van der Waals surface area contributed by atoms with Gasteiger partial charge in [0.25, 0.3) is 0 Å². The topological polar surface area (TPSA) is 56.8 Å². The Morgan fingerprint density at radius 3 is 2.00 bits per heavy atom. The van der Waals surface area contributed by atoms with Crippen LogP contribution in [0.15, 0.2) is 40.5 Å². The second-order valence-corrected chi connectivity index (χ2v) is 9.58. The molecule has 3 aromatic heterocycles. The predicted octanol–water partition coefficient (Wildman–Crippen LogP) is 5.37. The van der Waals surface area contributed by atoms with Gasteiger partial charge in [0.15, 0.2) is 0 Å². The fourth-order valence-corrected chi connectivity index (χ4v) is 5.57. The van der Waals surface area contributed by atoms with Gasteiger partial charge in [-0.05, 0) is 104 Å². The summed E-state index contributed by atoms with van der Waals surface area (Å²) in [6.45, 7) is 15.6. The molecule has 3 aromatic rings. The number of rotatable bonds is 8. The highest BCUT2D eigenvalue weighted by atomic mass is 14.8. The average Bonchev–Trinajstić information content (AvgIpc) is 3.46. The lowest BCUT2D eigenvalue weighted by Crippen LogP contribution is -2.13. The van der Waals surface area contributed by atoms with Gasteiger partial charge >= 0.3 is 0 Å². The van der Waals surface area contributed by atoms with Crippen LogP contribution in [-0.4, -0.2) is 26.7 Å². The molecular formula is C31H40N4. The Balaban J connectivity index is 1.83. The van der Waals surface area contributed by atoms with Crippen molar-refractivity contribution < 1.29 is 0 Å². The fourth-order valence-electron chi connectivity index (χ4n) is 5.57. The van der Waals surface area contributed by atoms with Crippen molar-refractivity contribution in [2.75, 3.05) is 0 Å². The first kappa shape index (κ1) is 25.0. The van der Waals surface area contributed by atoms with E-state index in [0.29, 0.717) is 0 Å². The molecule has 0 saturated carbocycles. The lowest BCUT2D eigenvalue weighted by Gasteiger charge is -2.10. The van der Waals surface area contributed by atoms with Crippen molar-refractivity contribution in [1.82, 2.24) is 15.0 Å². The molecular weight excluding hydrogens is 428 g/mol. The number of allylic oxidation sites excluding steroid dienone is 1. The maximum absolute atomic E-state index is 4.96. The van der Waals surface area contributed by atoms with E-state index in [9.17, 15) is 0 Å². The van der Waals surface area contributed by atoms with Crippen molar-refractivity contribution in [3.8, 4) is 0 Å². The predicted molar refractivity (Wildman–Crippen MR) is 149 cm³/mol. The van der Waals surface area contributed by atoms with Gasteiger partial charge < -0.3 is 9.97 Å². The van der Waals surface area contributed by atoms with E-state index >= 15 is 0 Å². The molecule has 0 bridgehead atoms. The van der Waals surface area contributed by atoms with Crippen molar-refractivity contribution in [3.63, 3.8) is 0 Å². The van der Waals surface area contributed by atoms with Gasteiger partial charge in [0, 0.05) is 40.4 Å². The Morgan fingerprint density at radius 2 is 1.46 bits per heavy atom. The molecule has 4 heterocycles. The standard InChI is InChI=1S/C31H40N4/c1-8-23-24(9-2)30(34-28(23)16-22-14-12-13-15-32-22)18-31-26(11-4)25(10-3)29(35-31)17-27-20(6)19(5)21(7)33-27/h12-16,18,27,34-35H,8-11,17H2,1-7H3. The van der Waals surface area contributed by atoms with Crippen LogP contribution in [0.2, 0.25) is 0 Å². The molecule has 1 aliphatic rings. The number of nitrogens with zero attached hydrogens (tertiary/aromatic N) is 2. The molecule has 2 N–H and O–H groups in total. The highest BCUT2D eigenvalue weighted by molar-refractivity contribution is 6.00. The summed E-state index contributed by atoms with van der Waals surface area (Å²) >= 11 is 0. The number of aromatic amines is 2. The number of nitrogens with one attached hydrogen (secondary N) is 2. The smallest absolute Gasteiger partial charge is 0.0770 e. The SMILES string of the molecule is CCc1c(C=c2[nH]c(=Cc3ccccn3)c(CC)c2CC)[nH]c(CC2N=C(C)C(C)=C2C)c1CC. The maximum Gasteiger partial charge on any atom is 0.0770 e. The fraction of sp³-hybridized carbons (Fsp3) is 0.419. The molecule has 4 heteroatoms. The lowest BCUT2D eigenvalue weighted by molar-refractivity contribution is 0.755. The monoisotopic (exact) mass is 468 g/mol. The van der Waals surface area contributed by atoms with Gasteiger partial charge in [-0.1, -0.05) is 33.8 Å². The highest BCUT2D eigenvalue weighted by Crippen LogP contribution is 2.28. The zero-order chi connectivity index (χ0) is 25.1.